The third-order valence-electron chi connectivity index (χ3n) is 3.04. The first-order valence-electron chi connectivity index (χ1n) is 5.52. The van der Waals surface area contributed by atoms with E-state index < -0.39 is 0 Å². The van der Waals surface area contributed by atoms with Crippen LogP contribution < -0.4 is 11.3 Å². The summed E-state index contributed by atoms with van der Waals surface area (Å²) in [6.07, 6.45) is 5.24. The molecule has 2 nitrogen and oxygen atoms in total. The van der Waals surface area contributed by atoms with E-state index in [4.69, 9.17) is 5.84 Å². The maximum atomic E-state index is 5.61. The van der Waals surface area contributed by atoms with Crippen LogP contribution in [0.2, 0.25) is 0 Å². The summed E-state index contributed by atoms with van der Waals surface area (Å²) in [7, 11) is 0. The second-order valence-corrected chi connectivity index (χ2v) is 5.12. The Morgan fingerprint density at radius 3 is 2.73 bits per heavy atom. The van der Waals surface area contributed by atoms with Crippen molar-refractivity contribution in [2.24, 2.45) is 11.8 Å². The molecule has 0 saturated heterocycles. The van der Waals surface area contributed by atoms with Crippen molar-refractivity contribution in [1.29, 1.82) is 0 Å². The summed E-state index contributed by atoms with van der Waals surface area (Å²) >= 11 is 3.56. The van der Waals surface area contributed by atoms with Crippen LogP contribution in [-0.2, 0) is 0 Å². The minimum absolute atomic E-state index is 0.279. The Kier molecular flexibility index (Phi) is 3.78. The summed E-state index contributed by atoms with van der Waals surface area (Å²) < 4.78 is 1.14. The number of nitrogens with one attached hydrogen (secondary N) is 1. The van der Waals surface area contributed by atoms with Crippen molar-refractivity contribution in [3.63, 3.8) is 0 Å². The maximum Gasteiger partial charge on any atom is 0.0471 e. The Bertz CT molecular complexity index is 323. The monoisotopic (exact) mass is 268 g/mol. The van der Waals surface area contributed by atoms with Crippen LogP contribution >= 0.6 is 15.9 Å². The van der Waals surface area contributed by atoms with Gasteiger partial charge in [0, 0.05) is 10.5 Å². The summed E-state index contributed by atoms with van der Waals surface area (Å²) in [6.45, 7) is 0. The number of nitrogens with two attached hydrogens (primary N) is 1. The molecule has 0 aliphatic heterocycles. The van der Waals surface area contributed by atoms with E-state index >= 15 is 0 Å². The molecule has 82 valence electrons. The molecule has 15 heavy (non-hydrogen) atoms. The van der Waals surface area contributed by atoms with Gasteiger partial charge in [-0.3, -0.25) is 11.3 Å². The van der Waals surface area contributed by atoms with Crippen LogP contribution in [0.3, 0.4) is 0 Å². The van der Waals surface area contributed by atoms with E-state index in [2.05, 4.69) is 39.6 Å². The van der Waals surface area contributed by atoms with Crippen molar-refractivity contribution >= 4 is 15.9 Å². The lowest BCUT2D eigenvalue weighted by molar-refractivity contribution is 0.480. The van der Waals surface area contributed by atoms with Gasteiger partial charge in [0.25, 0.3) is 0 Å². The van der Waals surface area contributed by atoms with Crippen LogP contribution in [0.5, 0.6) is 0 Å². The molecule has 1 aliphatic carbocycles. The van der Waals surface area contributed by atoms with Crippen LogP contribution in [0.4, 0.5) is 0 Å². The summed E-state index contributed by atoms with van der Waals surface area (Å²) in [5.74, 6) is 6.57. The molecule has 1 aliphatic rings. The van der Waals surface area contributed by atoms with E-state index in [9.17, 15) is 0 Å². The largest absolute Gasteiger partial charge is 0.271 e. The van der Waals surface area contributed by atoms with Crippen molar-refractivity contribution in [2.45, 2.75) is 31.7 Å². The van der Waals surface area contributed by atoms with E-state index in [-0.39, 0.29) is 6.04 Å². The van der Waals surface area contributed by atoms with Gasteiger partial charge in [0.1, 0.15) is 0 Å². The second kappa shape index (κ2) is 5.10. The first-order chi connectivity index (χ1) is 7.31. The normalized spacial score (nSPS) is 17.7. The van der Waals surface area contributed by atoms with E-state index in [1.54, 1.807) is 0 Å². The van der Waals surface area contributed by atoms with Gasteiger partial charge in [0.15, 0.2) is 0 Å². The number of hydrogen-bond acceptors (Lipinski definition) is 2. The zero-order valence-electron chi connectivity index (χ0n) is 8.75. The van der Waals surface area contributed by atoms with Crippen molar-refractivity contribution in [3.05, 3.63) is 34.3 Å². The molecule has 1 unspecified atom stereocenters. The Balaban J connectivity index is 2.00. The van der Waals surface area contributed by atoms with Gasteiger partial charge in [0.2, 0.25) is 0 Å². The summed E-state index contributed by atoms with van der Waals surface area (Å²) in [4.78, 5) is 0. The highest BCUT2D eigenvalue weighted by molar-refractivity contribution is 9.10. The highest BCUT2D eigenvalue weighted by Crippen LogP contribution is 2.36. The number of halogens is 1. The Hall–Kier alpha value is -0.380. The standard InChI is InChI=1S/C12H17BrN2/c13-11-4-2-1-3-10(11)12(15-14)8-7-9-5-6-9/h1-4,9,12,15H,5-8,14H2. The molecular formula is C12H17BrN2. The van der Waals surface area contributed by atoms with Gasteiger partial charge in [-0.1, -0.05) is 47.0 Å². The fraction of sp³-hybridized carbons (Fsp3) is 0.500. The topological polar surface area (TPSA) is 38.0 Å². The Morgan fingerprint density at radius 2 is 2.13 bits per heavy atom. The lowest BCUT2D eigenvalue weighted by Gasteiger charge is -2.17. The molecular weight excluding hydrogens is 252 g/mol. The fourth-order valence-electron chi connectivity index (χ4n) is 1.90. The molecule has 0 spiro atoms. The number of rotatable bonds is 5. The third kappa shape index (κ3) is 3.03. The van der Waals surface area contributed by atoms with Crippen LogP contribution in [-0.4, -0.2) is 0 Å². The first-order valence-corrected chi connectivity index (χ1v) is 6.31. The minimum atomic E-state index is 0.279. The highest BCUT2D eigenvalue weighted by atomic mass is 79.9. The molecule has 1 saturated carbocycles. The van der Waals surface area contributed by atoms with Gasteiger partial charge in [-0.15, -0.1) is 0 Å². The quantitative estimate of drug-likeness (QED) is 0.636. The zero-order valence-corrected chi connectivity index (χ0v) is 10.3. The number of benzene rings is 1. The Labute approximate surface area is 99.3 Å². The smallest absolute Gasteiger partial charge is 0.0471 e. The molecule has 1 aromatic carbocycles. The van der Waals surface area contributed by atoms with Crippen LogP contribution in [0.25, 0.3) is 0 Å². The predicted octanol–water partition coefficient (Wildman–Crippen LogP) is 3.14. The van der Waals surface area contributed by atoms with Gasteiger partial charge in [-0.25, -0.2) is 0 Å². The molecule has 0 radical (unpaired) electrons. The average molecular weight is 269 g/mol. The maximum absolute atomic E-state index is 5.61. The molecule has 2 rings (SSSR count). The molecule has 0 amide bonds. The lowest BCUT2D eigenvalue weighted by atomic mass is 10.0. The summed E-state index contributed by atoms with van der Waals surface area (Å²) in [6, 6.07) is 8.56. The minimum Gasteiger partial charge on any atom is -0.271 e. The van der Waals surface area contributed by atoms with Crippen LogP contribution in [0.15, 0.2) is 28.7 Å². The lowest BCUT2D eigenvalue weighted by Crippen LogP contribution is -2.28. The molecule has 0 bridgehead atoms. The van der Waals surface area contributed by atoms with Gasteiger partial charge < -0.3 is 0 Å². The van der Waals surface area contributed by atoms with Crippen molar-refractivity contribution in [3.8, 4) is 0 Å². The predicted molar refractivity (Wildman–Crippen MR) is 66.2 cm³/mol. The molecule has 1 atom stereocenters. The molecule has 0 heterocycles. The molecule has 3 N–H and O–H groups in total. The van der Waals surface area contributed by atoms with Gasteiger partial charge >= 0.3 is 0 Å². The first kappa shape index (κ1) is 11.1. The van der Waals surface area contributed by atoms with Gasteiger partial charge in [-0.2, -0.15) is 0 Å². The SMILES string of the molecule is NNC(CCC1CC1)c1ccccc1Br. The third-order valence-corrected chi connectivity index (χ3v) is 3.76. The average Bonchev–Trinajstić information content (AvgIpc) is 3.05. The van der Waals surface area contributed by atoms with Crippen LogP contribution in [0, 0.1) is 5.92 Å². The number of hydrogen-bond donors (Lipinski definition) is 2. The fourth-order valence-corrected chi connectivity index (χ4v) is 2.46. The van der Waals surface area contributed by atoms with E-state index in [1.807, 2.05) is 6.07 Å². The molecule has 1 aromatic rings. The summed E-state index contributed by atoms with van der Waals surface area (Å²) in [5, 5.41) is 0. The van der Waals surface area contributed by atoms with Crippen molar-refractivity contribution < 1.29 is 0 Å². The van der Waals surface area contributed by atoms with E-state index in [0.29, 0.717) is 0 Å². The Morgan fingerprint density at radius 1 is 1.40 bits per heavy atom. The van der Waals surface area contributed by atoms with E-state index in [1.165, 1.54) is 24.8 Å². The number of hydrazine groups is 1. The molecule has 0 aromatic heterocycles. The van der Waals surface area contributed by atoms with Gasteiger partial charge in [-0.05, 0) is 30.4 Å². The summed E-state index contributed by atoms with van der Waals surface area (Å²) in [5.41, 5.74) is 4.18. The highest BCUT2D eigenvalue weighted by Gasteiger charge is 2.23. The van der Waals surface area contributed by atoms with Crippen LogP contribution in [0.1, 0.15) is 37.3 Å². The second-order valence-electron chi connectivity index (χ2n) is 4.26. The van der Waals surface area contributed by atoms with Gasteiger partial charge in [0.05, 0.1) is 0 Å². The van der Waals surface area contributed by atoms with Crippen molar-refractivity contribution in [2.75, 3.05) is 0 Å². The zero-order chi connectivity index (χ0) is 10.7. The molecule has 1 fully saturated rings. The van der Waals surface area contributed by atoms with Crippen molar-refractivity contribution in [1.82, 2.24) is 5.43 Å². The van der Waals surface area contributed by atoms with E-state index in [0.717, 1.165) is 16.8 Å². The molecule has 3 heteroatoms.